The van der Waals surface area contributed by atoms with Crippen LogP contribution in [-0.4, -0.2) is 49.6 Å². The number of carbonyl (C=O) groups excluding carboxylic acids is 1. The van der Waals surface area contributed by atoms with E-state index in [0.717, 1.165) is 44.9 Å². The number of nitrogens with zero attached hydrogens (tertiary/aromatic N) is 2. The summed E-state index contributed by atoms with van der Waals surface area (Å²) >= 11 is 0. The Morgan fingerprint density at radius 1 is 0.917 bits per heavy atom. The maximum atomic E-state index is 12.7. The Hall–Kier alpha value is -3.52. The quantitative estimate of drug-likeness (QED) is 0.463. The zero-order chi connectivity index (χ0) is 25.5. The number of nitrogens with one attached hydrogen (secondary N) is 1. The van der Waals surface area contributed by atoms with Crippen LogP contribution in [-0.2, 0) is 12.7 Å². The summed E-state index contributed by atoms with van der Waals surface area (Å²) in [5.74, 6) is 0.255. The van der Waals surface area contributed by atoms with Crippen LogP contribution in [0.4, 0.5) is 18.9 Å². The van der Waals surface area contributed by atoms with Crippen LogP contribution < -0.4 is 15.0 Å². The highest BCUT2D eigenvalue weighted by molar-refractivity contribution is 5.94. The van der Waals surface area contributed by atoms with Gasteiger partial charge < -0.3 is 15.0 Å². The van der Waals surface area contributed by atoms with Gasteiger partial charge in [0, 0.05) is 44.0 Å². The van der Waals surface area contributed by atoms with Crippen LogP contribution in [0.1, 0.15) is 28.4 Å². The number of hydrogen-bond donors (Lipinski definition) is 1. The lowest BCUT2D eigenvalue weighted by Gasteiger charge is -2.36. The van der Waals surface area contributed by atoms with Crippen LogP contribution in [0.25, 0.3) is 0 Å². The van der Waals surface area contributed by atoms with Gasteiger partial charge in [-0.3, -0.25) is 9.69 Å². The van der Waals surface area contributed by atoms with E-state index >= 15 is 0 Å². The van der Waals surface area contributed by atoms with Crippen molar-refractivity contribution in [2.24, 2.45) is 0 Å². The first-order valence-electron chi connectivity index (χ1n) is 12.0. The van der Waals surface area contributed by atoms with Crippen molar-refractivity contribution in [3.05, 3.63) is 95.6 Å². The molecule has 5 nitrogen and oxygen atoms in total. The van der Waals surface area contributed by atoms with E-state index in [1.807, 2.05) is 37.3 Å². The van der Waals surface area contributed by atoms with Gasteiger partial charge in [-0.05, 0) is 61.0 Å². The van der Waals surface area contributed by atoms with Crippen molar-refractivity contribution >= 4 is 11.6 Å². The van der Waals surface area contributed by atoms with Gasteiger partial charge in [0.25, 0.3) is 5.91 Å². The molecular weight excluding hydrogens is 467 g/mol. The Morgan fingerprint density at radius 2 is 1.56 bits per heavy atom. The van der Waals surface area contributed by atoms with Gasteiger partial charge in [0.2, 0.25) is 0 Å². The summed E-state index contributed by atoms with van der Waals surface area (Å²) in [6, 6.07) is 22.6. The fourth-order valence-electron chi connectivity index (χ4n) is 4.16. The molecule has 0 aliphatic carbocycles. The van der Waals surface area contributed by atoms with Crippen molar-refractivity contribution in [3.63, 3.8) is 0 Å². The molecule has 3 aromatic carbocycles. The molecular formula is C28H30F3N3O2. The molecule has 190 valence electrons. The lowest BCUT2D eigenvalue weighted by molar-refractivity contribution is -0.137. The highest BCUT2D eigenvalue weighted by Crippen LogP contribution is 2.29. The Bertz CT molecular complexity index is 1110. The van der Waals surface area contributed by atoms with Gasteiger partial charge in [-0.15, -0.1) is 0 Å². The van der Waals surface area contributed by atoms with Gasteiger partial charge in [0.1, 0.15) is 11.9 Å². The van der Waals surface area contributed by atoms with E-state index in [4.69, 9.17) is 4.74 Å². The molecule has 1 N–H and O–H groups in total. The second-order valence-corrected chi connectivity index (χ2v) is 8.96. The summed E-state index contributed by atoms with van der Waals surface area (Å²) in [5.41, 5.74) is 1.86. The second-order valence-electron chi connectivity index (χ2n) is 8.96. The van der Waals surface area contributed by atoms with Crippen LogP contribution in [0.2, 0.25) is 0 Å². The summed E-state index contributed by atoms with van der Waals surface area (Å²) in [6.07, 6.45) is -4.73. The first-order chi connectivity index (χ1) is 17.3. The molecule has 1 fully saturated rings. The number of carbonyl (C=O) groups is 1. The van der Waals surface area contributed by atoms with Gasteiger partial charge in [-0.1, -0.05) is 30.3 Å². The standard InChI is InChI=1S/C28H30F3N3O2/c1-21(19-32-27(35)23-9-11-24(12-10-23)28(29,30)31)36-26-13-7-22(8-14-26)20-33-15-17-34(18-16-33)25-5-3-2-4-6-25/h2-14,21H,15-20H2,1H3,(H,32,35). The Morgan fingerprint density at radius 3 is 2.17 bits per heavy atom. The molecule has 1 saturated heterocycles. The molecule has 0 spiro atoms. The van der Waals surface area contributed by atoms with Crippen LogP contribution in [0.15, 0.2) is 78.9 Å². The SMILES string of the molecule is CC(CNC(=O)c1ccc(C(F)(F)F)cc1)Oc1ccc(CN2CCN(c3ccccc3)CC2)cc1. The summed E-state index contributed by atoms with van der Waals surface area (Å²) in [4.78, 5) is 17.1. The van der Waals surface area contributed by atoms with E-state index in [9.17, 15) is 18.0 Å². The van der Waals surface area contributed by atoms with Gasteiger partial charge in [0.15, 0.2) is 0 Å². The lowest BCUT2D eigenvalue weighted by Crippen LogP contribution is -2.45. The normalized spacial score (nSPS) is 15.4. The monoisotopic (exact) mass is 497 g/mol. The molecule has 0 saturated carbocycles. The number of ether oxygens (including phenoxy) is 1. The van der Waals surface area contributed by atoms with Crippen molar-refractivity contribution in [1.82, 2.24) is 10.2 Å². The average Bonchev–Trinajstić information content (AvgIpc) is 2.89. The summed E-state index contributed by atoms with van der Waals surface area (Å²) < 4.78 is 43.9. The number of hydrogen-bond acceptors (Lipinski definition) is 4. The molecule has 3 aromatic rings. The van der Waals surface area contributed by atoms with Gasteiger partial charge >= 0.3 is 6.18 Å². The molecule has 8 heteroatoms. The fourth-order valence-corrected chi connectivity index (χ4v) is 4.16. The van der Waals surface area contributed by atoms with Gasteiger partial charge in [-0.2, -0.15) is 13.2 Å². The predicted molar refractivity (Wildman–Crippen MR) is 134 cm³/mol. The molecule has 4 rings (SSSR count). The number of rotatable bonds is 8. The van der Waals surface area contributed by atoms with Crippen LogP contribution >= 0.6 is 0 Å². The molecule has 1 atom stereocenters. The topological polar surface area (TPSA) is 44.8 Å². The molecule has 36 heavy (non-hydrogen) atoms. The zero-order valence-electron chi connectivity index (χ0n) is 20.2. The molecule has 0 aromatic heterocycles. The Balaban J connectivity index is 1.19. The summed E-state index contributed by atoms with van der Waals surface area (Å²) in [5, 5.41) is 2.70. The first-order valence-corrected chi connectivity index (χ1v) is 12.0. The molecule has 0 radical (unpaired) electrons. The van der Waals surface area contributed by atoms with E-state index in [2.05, 4.69) is 39.4 Å². The number of para-hydroxylation sites is 1. The third-order valence-corrected chi connectivity index (χ3v) is 6.18. The number of anilines is 1. The number of alkyl halides is 3. The van der Waals surface area contributed by atoms with Crippen molar-refractivity contribution in [2.75, 3.05) is 37.6 Å². The van der Waals surface area contributed by atoms with E-state index in [1.54, 1.807) is 0 Å². The van der Waals surface area contributed by atoms with Crippen LogP contribution in [0.5, 0.6) is 5.75 Å². The average molecular weight is 498 g/mol. The van der Waals surface area contributed by atoms with Gasteiger partial charge in [-0.25, -0.2) is 0 Å². The largest absolute Gasteiger partial charge is 0.489 e. The van der Waals surface area contributed by atoms with Crippen molar-refractivity contribution in [3.8, 4) is 5.75 Å². The molecule has 0 bridgehead atoms. The van der Waals surface area contributed by atoms with Crippen molar-refractivity contribution in [2.45, 2.75) is 25.7 Å². The second kappa shape index (κ2) is 11.5. The summed E-state index contributed by atoms with van der Waals surface area (Å²) in [6.45, 7) is 6.94. The highest BCUT2D eigenvalue weighted by atomic mass is 19.4. The van der Waals surface area contributed by atoms with Crippen LogP contribution in [0.3, 0.4) is 0 Å². The highest BCUT2D eigenvalue weighted by Gasteiger charge is 2.30. The molecule has 1 unspecified atom stereocenters. The number of amides is 1. The van der Waals surface area contributed by atoms with Crippen molar-refractivity contribution < 1.29 is 22.7 Å². The van der Waals surface area contributed by atoms with E-state index < -0.39 is 17.6 Å². The van der Waals surface area contributed by atoms with Gasteiger partial charge in [0.05, 0.1) is 12.1 Å². The third kappa shape index (κ3) is 7.01. The number of halogens is 3. The maximum absolute atomic E-state index is 12.7. The molecule has 1 heterocycles. The van der Waals surface area contributed by atoms with Crippen LogP contribution in [0, 0.1) is 0 Å². The minimum absolute atomic E-state index is 0.171. The fraction of sp³-hybridized carbons (Fsp3) is 0.321. The molecule has 1 aliphatic rings. The zero-order valence-corrected chi connectivity index (χ0v) is 20.2. The van der Waals surface area contributed by atoms with E-state index in [-0.39, 0.29) is 18.2 Å². The van der Waals surface area contributed by atoms with E-state index in [1.165, 1.54) is 23.4 Å². The first kappa shape index (κ1) is 25.6. The third-order valence-electron chi connectivity index (χ3n) is 6.18. The lowest BCUT2D eigenvalue weighted by atomic mass is 10.1. The van der Waals surface area contributed by atoms with Crippen molar-refractivity contribution in [1.29, 1.82) is 0 Å². The molecule has 1 aliphatic heterocycles. The summed E-state index contributed by atoms with van der Waals surface area (Å²) in [7, 11) is 0. The molecule has 1 amide bonds. The van der Waals surface area contributed by atoms with E-state index in [0.29, 0.717) is 5.75 Å². The predicted octanol–water partition coefficient (Wildman–Crippen LogP) is 5.22. The Kier molecular flexibility index (Phi) is 8.15. The Labute approximate surface area is 209 Å². The number of piperazine rings is 1. The minimum atomic E-state index is -4.43. The maximum Gasteiger partial charge on any atom is 0.416 e. The minimum Gasteiger partial charge on any atom is -0.489 e. The number of benzene rings is 3. The smallest absolute Gasteiger partial charge is 0.416 e.